The molecule has 0 radical (unpaired) electrons. The lowest BCUT2D eigenvalue weighted by Crippen LogP contribution is -2.43. The quantitative estimate of drug-likeness (QED) is 0.346. The van der Waals surface area contributed by atoms with Gasteiger partial charge in [-0.15, -0.1) is 24.0 Å². The summed E-state index contributed by atoms with van der Waals surface area (Å²) in [6.07, 6.45) is 4.40. The van der Waals surface area contributed by atoms with E-state index >= 15 is 0 Å². The lowest BCUT2D eigenvalue weighted by Gasteiger charge is -2.17. The Balaban J connectivity index is 0.00000288. The molecule has 1 fully saturated rings. The summed E-state index contributed by atoms with van der Waals surface area (Å²) in [6, 6.07) is 4.14. The monoisotopic (exact) mass is 448 g/mol. The molecule has 1 aromatic rings. The van der Waals surface area contributed by atoms with Gasteiger partial charge in [0.2, 0.25) is 5.88 Å². The van der Waals surface area contributed by atoms with Crippen molar-refractivity contribution in [2.45, 2.75) is 39.3 Å². The van der Waals surface area contributed by atoms with E-state index in [1.54, 1.807) is 7.11 Å². The number of halogens is 1. The van der Waals surface area contributed by atoms with Gasteiger partial charge in [-0.25, -0.2) is 9.98 Å². The summed E-state index contributed by atoms with van der Waals surface area (Å²) in [5.74, 6) is 2.22. The normalized spacial score (nSPS) is 15.4. The van der Waals surface area contributed by atoms with Crippen LogP contribution in [-0.2, 0) is 11.3 Å². The van der Waals surface area contributed by atoms with Gasteiger partial charge in [-0.3, -0.25) is 0 Å². The second kappa shape index (κ2) is 11.5. The number of aliphatic imine (C=N–C) groups is 1. The summed E-state index contributed by atoms with van der Waals surface area (Å²) in [4.78, 5) is 8.92. The van der Waals surface area contributed by atoms with E-state index in [1.807, 2.05) is 25.3 Å². The van der Waals surface area contributed by atoms with E-state index in [0.29, 0.717) is 19.0 Å². The van der Waals surface area contributed by atoms with Gasteiger partial charge < -0.3 is 20.1 Å². The van der Waals surface area contributed by atoms with Crippen LogP contribution in [0.3, 0.4) is 0 Å². The van der Waals surface area contributed by atoms with Crippen LogP contribution < -0.4 is 15.4 Å². The van der Waals surface area contributed by atoms with Crippen molar-refractivity contribution in [3.8, 4) is 5.88 Å². The third-order valence-corrected chi connectivity index (χ3v) is 3.53. The Kier molecular flexibility index (Phi) is 10.0. The molecule has 0 amide bonds. The molecule has 6 nitrogen and oxygen atoms in total. The van der Waals surface area contributed by atoms with Crippen LogP contribution in [0.2, 0.25) is 0 Å². The van der Waals surface area contributed by atoms with E-state index in [4.69, 9.17) is 9.47 Å². The third kappa shape index (κ3) is 8.14. The molecule has 1 aromatic heterocycles. The first-order chi connectivity index (χ1) is 11.2. The number of pyridine rings is 1. The van der Waals surface area contributed by atoms with Gasteiger partial charge in [0.25, 0.3) is 0 Å². The zero-order valence-electron chi connectivity index (χ0n) is 14.7. The molecule has 24 heavy (non-hydrogen) atoms. The minimum atomic E-state index is 0. The van der Waals surface area contributed by atoms with Gasteiger partial charge in [0.05, 0.1) is 19.8 Å². The van der Waals surface area contributed by atoms with Gasteiger partial charge in [0.15, 0.2) is 5.96 Å². The van der Waals surface area contributed by atoms with Crippen molar-refractivity contribution in [2.75, 3.05) is 26.9 Å². The van der Waals surface area contributed by atoms with Crippen LogP contribution >= 0.6 is 24.0 Å². The maximum atomic E-state index is 5.64. The fourth-order valence-electron chi connectivity index (χ4n) is 2.09. The van der Waals surface area contributed by atoms with Gasteiger partial charge >= 0.3 is 0 Å². The number of aromatic nitrogens is 1. The van der Waals surface area contributed by atoms with E-state index in [1.165, 1.54) is 12.8 Å². The summed E-state index contributed by atoms with van der Waals surface area (Å²) in [7, 11) is 1.70. The molecule has 0 saturated heterocycles. The highest BCUT2D eigenvalue weighted by atomic mass is 127. The topological polar surface area (TPSA) is 67.8 Å². The zero-order chi connectivity index (χ0) is 16.5. The highest BCUT2D eigenvalue weighted by Gasteiger charge is 2.21. The Hall–Kier alpha value is -1.09. The average Bonchev–Trinajstić information content (AvgIpc) is 3.36. The predicted octanol–water partition coefficient (Wildman–Crippen LogP) is 2.58. The number of hydrogen-bond acceptors (Lipinski definition) is 4. The first kappa shape index (κ1) is 21.0. The van der Waals surface area contributed by atoms with Crippen molar-refractivity contribution in [3.63, 3.8) is 0 Å². The van der Waals surface area contributed by atoms with Gasteiger partial charge in [-0.1, -0.05) is 6.07 Å². The second-order valence-electron chi connectivity index (χ2n) is 5.95. The van der Waals surface area contributed by atoms with Crippen molar-refractivity contribution in [1.29, 1.82) is 0 Å². The molecule has 1 saturated carbocycles. The number of methoxy groups -OCH3 is 1. The smallest absolute Gasteiger partial charge is 0.213 e. The number of ether oxygens (including phenoxy) is 2. The average molecular weight is 448 g/mol. The Morgan fingerprint density at radius 1 is 1.42 bits per heavy atom. The molecular weight excluding hydrogens is 419 g/mol. The molecule has 7 heteroatoms. The molecule has 0 spiro atoms. The number of nitrogens with one attached hydrogen (secondary N) is 2. The van der Waals surface area contributed by atoms with E-state index in [0.717, 1.165) is 30.6 Å². The van der Waals surface area contributed by atoms with E-state index in [-0.39, 0.29) is 30.0 Å². The molecule has 136 valence electrons. The minimum absolute atomic E-state index is 0. The summed E-state index contributed by atoms with van der Waals surface area (Å²) >= 11 is 0. The standard InChI is InChI=1S/C17H28N4O2.HI/c1-4-18-17(21-13(2)11-22-3)20-10-15-7-8-16(19-9-15)23-12-14-5-6-14;/h7-9,13-14H,4-6,10-12H2,1-3H3,(H2,18,20,21);1H. The number of rotatable bonds is 9. The molecule has 1 heterocycles. The van der Waals surface area contributed by atoms with Crippen molar-refractivity contribution in [1.82, 2.24) is 15.6 Å². The fraction of sp³-hybridized carbons (Fsp3) is 0.647. The molecule has 1 atom stereocenters. The lowest BCUT2D eigenvalue weighted by atomic mass is 10.3. The van der Waals surface area contributed by atoms with E-state index in [2.05, 4.69) is 27.5 Å². The van der Waals surface area contributed by atoms with Crippen LogP contribution in [0.15, 0.2) is 23.3 Å². The van der Waals surface area contributed by atoms with Gasteiger partial charge in [0, 0.05) is 32.0 Å². The van der Waals surface area contributed by atoms with Crippen LogP contribution in [0.5, 0.6) is 5.88 Å². The first-order valence-electron chi connectivity index (χ1n) is 8.32. The molecule has 2 rings (SSSR count). The molecule has 0 aliphatic heterocycles. The Bertz CT molecular complexity index is 492. The second-order valence-corrected chi connectivity index (χ2v) is 5.95. The zero-order valence-corrected chi connectivity index (χ0v) is 17.1. The Morgan fingerprint density at radius 3 is 2.79 bits per heavy atom. The van der Waals surface area contributed by atoms with Crippen molar-refractivity contribution in [3.05, 3.63) is 23.9 Å². The summed E-state index contributed by atoms with van der Waals surface area (Å²) in [6.45, 7) is 6.92. The molecule has 0 aromatic carbocycles. The van der Waals surface area contributed by atoms with Crippen molar-refractivity contribution >= 4 is 29.9 Å². The van der Waals surface area contributed by atoms with Crippen LogP contribution in [0, 0.1) is 5.92 Å². The van der Waals surface area contributed by atoms with Gasteiger partial charge in [0.1, 0.15) is 0 Å². The van der Waals surface area contributed by atoms with E-state index in [9.17, 15) is 0 Å². The van der Waals surface area contributed by atoms with Crippen LogP contribution in [0.1, 0.15) is 32.3 Å². The molecule has 1 aliphatic carbocycles. The highest BCUT2D eigenvalue weighted by Crippen LogP contribution is 2.29. The predicted molar refractivity (Wildman–Crippen MR) is 107 cm³/mol. The molecule has 1 aliphatic rings. The Labute approximate surface area is 161 Å². The maximum absolute atomic E-state index is 5.64. The van der Waals surface area contributed by atoms with E-state index < -0.39 is 0 Å². The summed E-state index contributed by atoms with van der Waals surface area (Å²) in [5, 5.41) is 6.54. The maximum Gasteiger partial charge on any atom is 0.213 e. The lowest BCUT2D eigenvalue weighted by molar-refractivity contribution is 0.179. The number of guanidine groups is 1. The molecule has 1 unspecified atom stereocenters. The fourth-order valence-corrected chi connectivity index (χ4v) is 2.09. The molecule has 2 N–H and O–H groups in total. The SMILES string of the molecule is CCNC(=NCc1ccc(OCC2CC2)nc1)NC(C)COC.I. The van der Waals surface area contributed by atoms with Crippen molar-refractivity contribution in [2.24, 2.45) is 10.9 Å². The van der Waals surface area contributed by atoms with Crippen LogP contribution in [-0.4, -0.2) is 43.9 Å². The molecule has 0 bridgehead atoms. The van der Waals surface area contributed by atoms with Crippen molar-refractivity contribution < 1.29 is 9.47 Å². The van der Waals surface area contributed by atoms with Crippen LogP contribution in [0.4, 0.5) is 0 Å². The van der Waals surface area contributed by atoms with Gasteiger partial charge in [-0.2, -0.15) is 0 Å². The number of nitrogens with zero attached hydrogens (tertiary/aromatic N) is 2. The highest BCUT2D eigenvalue weighted by molar-refractivity contribution is 14.0. The third-order valence-electron chi connectivity index (χ3n) is 3.53. The molecular formula is C17H29IN4O2. The minimum Gasteiger partial charge on any atom is -0.477 e. The Morgan fingerprint density at radius 2 is 2.21 bits per heavy atom. The largest absolute Gasteiger partial charge is 0.477 e. The van der Waals surface area contributed by atoms with Crippen LogP contribution in [0.25, 0.3) is 0 Å². The van der Waals surface area contributed by atoms with Gasteiger partial charge in [-0.05, 0) is 38.2 Å². The summed E-state index contributed by atoms with van der Waals surface area (Å²) in [5.41, 5.74) is 1.06. The summed E-state index contributed by atoms with van der Waals surface area (Å²) < 4.78 is 10.8. The number of hydrogen-bond donors (Lipinski definition) is 2. The first-order valence-corrected chi connectivity index (χ1v) is 8.32.